The molecule has 3 heteroatoms. The fraction of sp³-hybridized carbons (Fsp3) is 0.471. The van der Waals surface area contributed by atoms with Gasteiger partial charge in [-0.1, -0.05) is 45.1 Å². The molecule has 0 amide bonds. The highest BCUT2D eigenvalue weighted by atomic mass is 19.1. The van der Waals surface area contributed by atoms with Gasteiger partial charge in [-0.25, -0.2) is 4.79 Å². The Morgan fingerprint density at radius 3 is 2.55 bits per heavy atom. The fourth-order valence-corrected chi connectivity index (χ4v) is 1.89. The second-order valence-electron chi connectivity index (χ2n) is 5.83. The van der Waals surface area contributed by atoms with Gasteiger partial charge in [-0.2, -0.15) is 4.39 Å². The molecule has 0 atom stereocenters. The second-order valence-corrected chi connectivity index (χ2v) is 5.83. The smallest absolute Gasteiger partial charge is 0.367 e. The molecular weight excluding hydrogens is 255 g/mol. The Labute approximate surface area is 120 Å². The molecular formula is C17H23FO2. The zero-order valence-corrected chi connectivity index (χ0v) is 12.9. The highest BCUT2D eigenvalue weighted by Crippen LogP contribution is 2.30. The van der Waals surface area contributed by atoms with Crippen molar-refractivity contribution in [3.05, 3.63) is 46.9 Å². The number of halogens is 1. The van der Waals surface area contributed by atoms with E-state index < -0.39 is 11.8 Å². The molecule has 0 saturated heterocycles. The largest absolute Gasteiger partial charge is 0.461 e. The first-order chi connectivity index (χ1) is 9.27. The van der Waals surface area contributed by atoms with Crippen LogP contribution in [-0.2, 0) is 9.53 Å². The quantitative estimate of drug-likeness (QED) is 0.554. The Morgan fingerprint density at radius 2 is 2.00 bits per heavy atom. The molecule has 0 aliphatic heterocycles. The summed E-state index contributed by atoms with van der Waals surface area (Å²) in [6.07, 6.45) is 8.53. The van der Waals surface area contributed by atoms with E-state index in [0.717, 1.165) is 5.57 Å². The molecule has 1 rings (SSSR count). The van der Waals surface area contributed by atoms with Crippen LogP contribution in [0.15, 0.2) is 46.9 Å². The van der Waals surface area contributed by atoms with Crippen molar-refractivity contribution in [1.82, 2.24) is 0 Å². The molecule has 110 valence electrons. The number of ether oxygens (including phenoxy) is 1. The third-order valence-corrected chi connectivity index (χ3v) is 3.23. The molecule has 0 bridgehead atoms. The van der Waals surface area contributed by atoms with Gasteiger partial charge in [0.2, 0.25) is 5.83 Å². The molecule has 0 unspecified atom stereocenters. The summed E-state index contributed by atoms with van der Waals surface area (Å²) >= 11 is 0. The van der Waals surface area contributed by atoms with Gasteiger partial charge in [-0.15, -0.1) is 0 Å². The maximum absolute atomic E-state index is 13.9. The van der Waals surface area contributed by atoms with Crippen LogP contribution in [0, 0.1) is 5.41 Å². The van der Waals surface area contributed by atoms with Crippen molar-refractivity contribution in [2.24, 2.45) is 5.41 Å². The van der Waals surface area contributed by atoms with Gasteiger partial charge in [0.15, 0.2) is 0 Å². The topological polar surface area (TPSA) is 26.3 Å². The molecule has 1 aliphatic carbocycles. The number of hydrogen-bond acceptors (Lipinski definition) is 2. The summed E-state index contributed by atoms with van der Waals surface area (Å²) in [5.74, 6) is -1.70. The van der Waals surface area contributed by atoms with E-state index in [1.165, 1.54) is 5.57 Å². The molecule has 0 spiro atoms. The lowest BCUT2D eigenvalue weighted by Gasteiger charge is -2.19. The molecule has 0 aromatic carbocycles. The third kappa shape index (κ3) is 4.19. The van der Waals surface area contributed by atoms with E-state index in [4.69, 9.17) is 0 Å². The highest BCUT2D eigenvalue weighted by Gasteiger charge is 2.18. The van der Waals surface area contributed by atoms with Gasteiger partial charge >= 0.3 is 5.97 Å². The maximum atomic E-state index is 13.9. The van der Waals surface area contributed by atoms with Crippen LogP contribution >= 0.6 is 0 Å². The number of hydrogen-bond donors (Lipinski definition) is 0. The van der Waals surface area contributed by atoms with Crippen LogP contribution in [0.1, 0.15) is 41.0 Å². The number of allylic oxidation sites excluding steroid dienone is 7. The number of carbonyl (C=O) groups excluding carboxylic acids is 1. The predicted molar refractivity (Wildman–Crippen MR) is 79.8 cm³/mol. The normalized spacial score (nSPS) is 16.9. The van der Waals surface area contributed by atoms with Crippen LogP contribution in [0.25, 0.3) is 0 Å². The van der Waals surface area contributed by atoms with Gasteiger partial charge in [0.25, 0.3) is 0 Å². The minimum absolute atomic E-state index is 0.0414. The van der Waals surface area contributed by atoms with Crippen molar-refractivity contribution in [2.75, 3.05) is 6.61 Å². The minimum atomic E-state index is -0.890. The van der Waals surface area contributed by atoms with E-state index in [0.29, 0.717) is 12.0 Å². The summed E-state index contributed by atoms with van der Waals surface area (Å²) in [5.41, 5.74) is 2.36. The van der Waals surface area contributed by atoms with Crippen molar-refractivity contribution in [3.8, 4) is 0 Å². The van der Waals surface area contributed by atoms with Gasteiger partial charge in [-0.05, 0) is 42.4 Å². The molecule has 0 aromatic heterocycles. The summed E-state index contributed by atoms with van der Waals surface area (Å²) in [4.78, 5) is 11.4. The lowest BCUT2D eigenvalue weighted by molar-refractivity contribution is -0.140. The lowest BCUT2D eigenvalue weighted by Crippen LogP contribution is -2.07. The second kappa shape index (κ2) is 6.69. The van der Waals surface area contributed by atoms with Crippen molar-refractivity contribution < 1.29 is 13.9 Å². The molecule has 2 nitrogen and oxygen atoms in total. The van der Waals surface area contributed by atoms with Crippen LogP contribution in [0.4, 0.5) is 4.39 Å². The Hall–Kier alpha value is -1.64. The Kier molecular flexibility index (Phi) is 5.49. The molecule has 0 aromatic rings. The monoisotopic (exact) mass is 278 g/mol. The maximum Gasteiger partial charge on any atom is 0.367 e. The number of rotatable bonds is 3. The number of carbonyl (C=O) groups is 1. The van der Waals surface area contributed by atoms with Gasteiger partial charge in [0, 0.05) is 0 Å². The standard InChI is InChI=1S/C17H23FO2/c1-6-20-16(19)15(18)12(2)13-8-7-9-14(11-10-13)17(3,4)5/h7,9-11H,6,8H2,1-5H3/b15-12-. The predicted octanol–water partition coefficient (Wildman–Crippen LogP) is 4.65. The van der Waals surface area contributed by atoms with Crippen molar-refractivity contribution in [1.29, 1.82) is 0 Å². The molecule has 0 heterocycles. The van der Waals surface area contributed by atoms with Crippen LogP contribution in [0.5, 0.6) is 0 Å². The van der Waals surface area contributed by atoms with Gasteiger partial charge in [0.05, 0.1) is 6.61 Å². The molecule has 0 saturated carbocycles. The minimum Gasteiger partial charge on any atom is -0.461 e. The van der Waals surface area contributed by atoms with Crippen LogP contribution in [-0.4, -0.2) is 12.6 Å². The first-order valence-corrected chi connectivity index (χ1v) is 6.89. The van der Waals surface area contributed by atoms with Crippen molar-refractivity contribution in [3.63, 3.8) is 0 Å². The van der Waals surface area contributed by atoms with Gasteiger partial charge in [-0.3, -0.25) is 0 Å². The van der Waals surface area contributed by atoms with E-state index in [9.17, 15) is 9.18 Å². The molecule has 0 radical (unpaired) electrons. The lowest BCUT2D eigenvalue weighted by atomic mass is 9.86. The Morgan fingerprint density at radius 1 is 1.35 bits per heavy atom. The molecule has 1 aliphatic rings. The van der Waals surface area contributed by atoms with E-state index in [1.807, 2.05) is 18.2 Å². The third-order valence-electron chi connectivity index (χ3n) is 3.23. The van der Waals surface area contributed by atoms with Gasteiger partial charge < -0.3 is 4.74 Å². The Balaban J connectivity index is 3.07. The van der Waals surface area contributed by atoms with Gasteiger partial charge in [0.1, 0.15) is 0 Å². The zero-order chi connectivity index (χ0) is 15.3. The van der Waals surface area contributed by atoms with E-state index in [2.05, 4.69) is 31.6 Å². The average Bonchev–Trinajstić information content (AvgIpc) is 2.62. The fourth-order valence-electron chi connectivity index (χ4n) is 1.89. The van der Waals surface area contributed by atoms with Crippen LogP contribution < -0.4 is 0 Å². The summed E-state index contributed by atoms with van der Waals surface area (Å²) in [7, 11) is 0. The van der Waals surface area contributed by atoms with E-state index in [-0.39, 0.29) is 12.0 Å². The average molecular weight is 278 g/mol. The summed E-state index contributed by atoms with van der Waals surface area (Å²) in [5, 5.41) is 0. The first-order valence-electron chi connectivity index (χ1n) is 6.89. The summed E-state index contributed by atoms with van der Waals surface area (Å²) < 4.78 is 18.6. The van der Waals surface area contributed by atoms with Crippen LogP contribution in [0.3, 0.4) is 0 Å². The number of esters is 1. The molecule has 20 heavy (non-hydrogen) atoms. The highest BCUT2D eigenvalue weighted by molar-refractivity contribution is 5.87. The molecule has 0 fully saturated rings. The summed E-state index contributed by atoms with van der Waals surface area (Å²) in [6, 6.07) is 0. The van der Waals surface area contributed by atoms with E-state index >= 15 is 0 Å². The van der Waals surface area contributed by atoms with Crippen molar-refractivity contribution in [2.45, 2.75) is 41.0 Å². The summed E-state index contributed by atoms with van der Waals surface area (Å²) in [6.45, 7) is 9.83. The van der Waals surface area contributed by atoms with Crippen molar-refractivity contribution >= 4 is 5.97 Å². The van der Waals surface area contributed by atoms with E-state index in [1.54, 1.807) is 13.8 Å². The van der Waals surface area contributed by atoms with Crippen LogP contribution in [0.2, 0.25) is 0 Å². The molecule has 0 N–H and O–H groups in total. The first kappa shape index (κ1) is 16.4. The SMILES string of the molecule is CCOC(=O)/C(F)=C(\C)C1=CC=C(C(C)(C)C)C=CC1. The zero-order valence-electron chi connectivity index (χ0n) is 12.9. The Bertz CT molecular complexity index is 500.